The van der Waals surface area contributed by atoms with Gasteiger partial charge in [-0.25, -0.2) is 4.39 Å². The van der Waals surface area contributed by atoms with Crippen LogP contribution in [0, 0.1) is 17.7 Å². The van der Waals surface area contributed by atoms with Gasteiger partial charge in [-0.15, -0.1) is 0 Å². The fourth-order valence-electron chi connectivity index (χ4n) is 5.18. The van der Waals surface area contributed by atoms with Gasteiger partial charge in [-0.05, 0) is 43.1 Å². The molecular weight excluding hydrogens is 383 g/mol. The standard InChI is InChI=1S/C28H35FN2/c1-4-20-15-17-21(18-16-20)19-31-28(23-11-8-7-9-12-23)26(25(6-3)30-31)24-14-10-13-22(5-2)27(24)29/h7-14,20-21H,4-6,15-19H2,1-3H3. The molecule has 164 valence electrons. The van der Waals surface area contributed by atoms with E-state index < -0.39 is 0 Å². The molecule has 4 rings (SSSR count). The maximum atomic E-state index is 15.5. The number of rotatable bonds is 7. The van der Waals surface area contributed by atoms with Gasteiger partial charge in [-0.1, -0.05) is 88.6 Å². The molecule has 0 spiro atoms. The number of nitrogens with zero attached hydrogens (tertiary/aromatic N) is 2. The SMILES string of the molecule is CCc1cccc(-c2c(CC)nn(CC3CCC(CC)CC3)c2-c2ccccc2)c1F. The summed E-state index contributed by atoms with van der Waals surface area (Å²) in [4.78, 5) is 0. The van der Waals surface area contributed by atoms with Crippen LogP contribution in [0.25, 0.3) is 22.4 Å². The van der Waals surface area contributed by atoms with E-state index in [9.17, 15) is 0 Å². The summed E-state index contributed by atoms with van der Waals surface area (Å²) in [5.41, 5.74) is 5.62. The second-order valence-corrected chi connectivity index (χ2v) is 9.00. The summed E-state index contributed by atoms with van der Waals surface area (Å²) in [6, 6.07) is 16.2. The van der Waals surface area contributed by atoms with Gasteiger partial charge in [0.2, 0.25) is 0 Å². The molecule has 0 saturated heterocycles. The van der Waals surface area contributed by atoms with E-state index in [1.54, 1.807) is 0 Å². The summed E-state index contributed by atoms with van der Waals surface area (Å²) in [7, 11) is 0. The summed E-state index contributed by atoms with van der Waals surface area (Å²) in [6.07, 6.45) is 7.96. The molecule has 1 heterocycles. The highest BCUT2D eigenvalue weighted by molar-refractivity contribution is 5.83. The van der Waals surface area contributed by atoms with Gasteiger partial charge < -0.3 is 0 Å². The van der Waals surface area contributed by atoms with E-state index in [0.29, 0.717) is 17.9 Å². The molecule has 1 saturated carbocycles. The predicted octanol–water partition coefficient (Wildman–Crippen LogP) is 7.70. The van der Waals surface area contributed by atoms with Crippen LogP contribution in [0.5, 0.6) is 0 Å². The first-order valence-corrected chi connectivity index (χ1v) is 12.1. The van der Waals surface area contributed by atoms with Crippen LogP contribution in [0.3, 0.4) is 0 Å². The molecule has 0 aliphatic heterocycles. The summed E-state index contributed by atoms with van der Waals surface area (Å²) >= 11 is 0. The van der Waals surface area contributed by atoms with E-state index in [1.165, 1.54) is 32.1 Å². The van der Waals surface area contributed by atoms with Crippen LogP contribution < -0.4 is 0 Å². The molecule has 31 heavy (non-hydrogen) atoms. The van der Waals surface area contributed by atoms with Crippen LogP contribution in [-0.4, -0.2) is 9.78 Å². The van der Waals surface area contributed by atoms with Crippen LogP contribution >= 0.6 is 0 Å². The first-order valence-electron chi connectivity index (χ1n) is 12.1. The molecule has 0 unspecified atom stereocenters. The van der Waals surface area contributed by atoms with Crippen LogP contribution in [0.15, 0.2) is 48.5 Å². The van der Waals surface area contributed by atoms with Gasteiger partial charge in [0.25, 0.3) is 0 Å². The third kappa shape index (κ3) is 4.46. The Morgan fingerprint density at radius 1 is 0.871 bits per heavy atom. The van der Waals surface area contributed by atoms with E-state index in [-0.39, 0.29) is 5.82 Å². The number of halogens is 1. The summed E-state index contributed by atoms with van der Waals surface area (Å²) in [6.45, 7) is 7.36. The summed E-state index contributed by atoms with van der Waals surface area (Å²) in [5, 5.41) is 5.06. The van der Waals surface area contributed by atoms with Crippen molar-refractivity contribution >= 4 is 0 Å². The highest BCUT2D eigenvalue weighted by Gasteiger charge is 2.26. The second-order valence-electron chi connectivity index (χ2n) is 9.00. The van der Waals surface area contributed by atoms with Crippen molar-refractivity contribution in [1.29, 1.82) is 0 Å². The molecule has 1 aromatic heterocycles. The van der Waals surface area contributed by atoms with Crippen molar-refractivity contribution in [2.24, 2.45) is 11.8 Å². The average molecular weight is 419 g/mol. The number of benzene rings is 2. The van der Waals surface area contributed by atoms with Crippen molar-refractivity contribution in [2.75, 3.05) is 0 Å². The monoisotopic (exact) mass is 418 g/mol. The van der Waals surface area contributed by atoms with Gasteiger partial charge in [0, 0.05) is 23.2 Å². The van der Waals surface area contributed by atoms with Crippen molar-refractivity contribution in [2.45, 2.75) is 72.3 Å². The molecule has 1 aliphatic carbocycles. The zero-order valence-electron chi connectivity index (χ0n) is 19.2. The van der Waals surface area contributed by atoms with E-state index in [2.05, 4.69) is 42.8 Å². The van der Waals surface area contributed by atoms with Crippen LogP contribution in [0.2, 0.25) is 0 Å². The molecule has 0 bridgehead atoms. The van der Waals surface area contributed by atoms with Crippen molar-refractivity contribution in [1.82, 2.24) is 9.78 Å². The smallest absolute Gasteiger partial charge is 0.134 e. The molecule has 0 radical (unpaired) electrons. The number of aromatic nitrogens is 2. The molecule has 3 heteroatoms. The highest BCUT2D eigenvalue weighted by Crippen LogP contribution is 2.39. The number of hydrogen-bond donors (Lipinski definition) is 0. The Labute approximate surface area is 186 Å². The second kappa shape index (κ2) is 9.80. The predicted molar refractivity (Wildman–Crippen MR) is 128 cm³/mol. The lowest BCUT2D eigenvalue weighted by molar-refractivity contribution is 0.242. The van der Waals surface area contributed by atoms with Crippen LogP contribution in [0.4, 0.5) is 4.39 Å². The lowest BCUT2D eigenvalue weighted by Crippen LogP contribution is -2.20. The average Bonchev–Trinajstić information content (AvgIpc) is 3.18. The van der Waals surface area contributed by atoms with E-state index in [0.717, 1.165) is 47.0 Å². The topological polar surface area (TPSA) is 17.8 Å². The van der Waals surface area contributed by atoms with Gasteiger partial charge in [0.05, 0.1) is 11.4 Å². The van der Waals surface area contributed by atoms with E-state index in [4.69, 9.17) is 5.10 Å². The van der Waals surface area contributed by atoms with Crippen LogP contribution in [0.1, 0.15) is 64.1 Å². The Morgan fingerprint density at radius 2 is 1.58 bits per heavy atom. The Morgan fingerprint density at radius 3 is 2.23 bits per heavy atom. The maximum absolute atomic E-state index is 15.5. The Kier molecular flexibility index (Phi) is 6.89. The Balaban J connectivity index is 1.82. The van der Waals surface area contributed by atoms with Crippen LogP contribution in [-0.2, 0) is 19.4 Å². The van der Waals surface area contributed by atoms with Gasteiger partial charge >= 0.3 is 0 Å². The zero-order valence-corrected chi connectivity index (χ0v) is 19.2. The molecule has 0 N–H and O–H groups in total. The lowest BCUT2D eigenvalue weighted by Gasteiger charge is -2.28. The summed E-state index contributed by atoms with van der Waals surface area (Å²) < 4.78 is 17.7. The first kappa shape index (κ1) is 21.8. The van der Waals surface area contributed by atoms with Crippen molar-refractivity contribution < 1.29 is 4.39 Å². The third-order valence-corrected chi connectivity index (χ3v) is 7.11. The first-order chi connectivity index (χ1) is 15.2. The molecule has 3 aromatic rings. The number of hydrogen-bond acceptors (Lipinski definition) is 1. The molecule has 1 fully saturated rings. The lowest BCUT2D eigenvalue weighted by atomic mass is 9.81. The van der Waals surface area contributed by atoms with Crippen molar-refractivity contribution in [3.05, 3.63) is 65.6 Å². The number of aryl methyl sites for hydroxylation is 2. The van der Waals surface area contributed by atoms with E-state index in [1.807, 2.05) is 31.2 Å². The fourth-order valence-corrected chi connectivity index (χ4v) is 5.18. The molecule has 0 amide bonds. The quantitative estimate of drug-likeness (QED) is 0.384. The minimum absolute atomic E-state index is 0.0973. The third-order valence-electron chi connectivity index (χ3n) is 7.11. The fraction of sp³-hybridized carbons (Fsp3) is 0.464. The van der Waals surface area contributed by atoms with Gasteiger partial charge in [-0.2, -0.15) is 5.10 Å². The Bertz CT molecular complexity index is 997. The molecular formula is C28H35FN2. The normalized spacial score (nSPS) is 19.0. The summed E-state index contributed by atoms with van der Waals surface area (Å²) in [5.74, 6) is 1.43. The van der Waals surface area contributed by atoms with Crippen molar-refractivity contribution in [3.63, 3.8) is 0 Å². The minimum atomic E-state index is -0.0973. The van der Waals surface area contributed by atoms with Crippen molar-refractivity contribution in [3.8, 4) is 22.4 Å². The molecule has 1 aliphatic rings. The van der Waals surface area contributed by atoms with E-state index >= 15 is 4.39 Å². The molecule has 0 atom stereocenters. The van der Waals surface area contributed by atoms with Gasteiger partial charge in [0.15, 0.2) is 0 Å². The maximum Gasteiger partial charge on any atom is 0.134 e. The largest absolute Gasteiger partial charge is 0.264 e. The van der Waals surface area contributed by atoms with Gasteiger partial charge in [0.1, 0.15) is 5.82 Å². The Hall–Kier alpha value is -2.42. The molecule has 2 aromatic carbocycles. The zero-order chi connectivity index (χ0) is 21.8. The molecule has 2 nitrogen and oxygen atoms in total. The van der Waals surface area contributed by atoms with Gasteiger partial charge in [-0.3, -0.25) is 4.68 Å². The highest BCUT2D eigenvalue weighted by atomic mass is 19.1. The minimum Gasteiger partial charge on any atom is -0.264 e.